The topological polar surface area (TPSA) is 82.2 Å². The largest absolute Gasteiger partial charge is 0.416 e. The molecular formula is C29H32F3N5O. The van der Waals surface area contributed by atoms with Crippen molar-refractivity contribution in [1.82, 2.24) is 10.2 Å². The third-order valence-corrected chi connectivity index (χ3v) is 6.02. The molecule has 9 heteroatoms. The molecule has 0 aliphatic rings. The molecule has 0 saturated carbocycles. The fourth-order valence-corrected chi connectivity index (χ4v) is 3.65. The van der Waals surface area contributed by atoms with E-state index in [2.05, 4.69) is 46.2 Å². The number of aromatic nitrogens is 2. The number of hydrogen-bond donors (Lipinski definition) is 3. The number of anilines is 2. The van der Waals surface area contributed by atoms with Crippen molar-refractivity contribution < 1.29 is 18.0 Å². The van der Waals surface area contributed by atoms with Gasteiger partial charge in [-0.05, 0) is 79.6 Å². The van der Waals surface area contributed by atoms with Gasteiger partial charge in [0.1, 0.15) is 5.82 Å². The van der Waals surface area contributed by atoms with Gasteiger partial charge in [-0.3, -0.25) is 9.89 Å². The zero-order valence-electron chi connectivity index (χ0n) is 21.7. The predicted molar refractivity (Wildman–Crippen MR) is 146 cm³/mol. The molecule has 0 fully saturated rings. The van der Waals surface area contributed by atoms with Crippen LogP contribution in [0.3, 0.4) is 0 Å². The van der Waals surface area contributed by atoms with Gasteiger partial charge >= 0.3 is 6.18 Å². The summed E-state index contributed by atoms with van der Waals surface area (Å²) in [5, 5.41) is 13.3. The zero-order chi connectivity index (χ0) is 27.7. The molecule has 1 heterocycles. The maximum atomic E-state index is 13.0. The zero-order valence-corrected chi connectivity index (χ0v) is 21.7. The first-order valence-electron chi connectivity index (χ1n) is 12.4. The Labute approximate surface area is 220 Å². The van der Waals surface area contributed by atoms with E-state index in [1.807, 2.05) is 31.2 Å². The van der Waals surface area contributed by atoms with E-state index in [-0.39, 0.29) is 5.56 Å². The third-order valence-electron chi connectivity index (χ3n) is 6.02. The molecular weight excluding hydrogens is 491 g/mol. The Morgan fingerprint density at radius 1 is 1.16 bits per heavy atom. The van der Waals surface area contributed by atoms with Gasteiger partial charge in [0.05, 0.1) is 5.56 Å². The molecule has 38 heavy (non-hydrogen) atoms. The SMILES string of the molecule is C=C/C=N\C(=C/C(C)CC)Nc1cc(CCc2cc(NC(=O)c3cccc(C(F)(F)F)c3)ccc2C)[nH]n1. The standard InChI is InChI=1S/C29H32F3N5O/c1-5-14-33-26(15-19(3)6-2)35-27-18-25(36-37-27)13-11-21-17-24(12-10-20(21)4)34-28(38)22-8-7-9-23(16-22)29(30,31)32/h5,7-10,12,14-19H,1,6,11,13H2,2-4H3,(H,34,38)(H2,35,36,37)/b26-15+,33-14-. The average Bonchev–Trinajstić information content (AvgIpc) is 3.34. The Morgan fingerprint density at radius 2 is 1.95 bits per heavy atom. The quantitative estimate of drug-likeness (QED) is 0.230. The second-order valence-electron chi connectivity index (χ2n) is 9.03. The van der Waals surface area contributed by atoms with Crippen LogP contribution in [0.15, 0.2) is 78.1 Å². The summed E-state index contributed by atoms with van der Waals surface area (Å²) in [6.45, 7) is 9.85. The summed E-state index contributed by atoms with van der Waals surface area (Å²) in [4.78, 5) is 17.0. The van der Waals surface area contributed by atoms with Gasteiger partial charge < -0.3 is 10.6 Å². The minimum Gasteiger partial charge on any atom is -0.324 e. The monoisotopic (exact) mass is 523 g/mol. The van der Waals surface area contributed by atoms with Gasteiger partial charge in [-0.1, -0.05) is 38.6 Å². The first kappa shape index (κ1) is 28.4. The Morgan fingerprint density at radius 3 is 2.66 bits per heavy atom. The van der Waals surface area contributed by atoms with Gasteiger partial charge in [-0.15, -0.1) is 0 Å². The van der Waals surface area contributed by atoms with E-state index in [0.717, 1.165) is 35.4 Å². The normalized spacial score (nSPS) is 12.9. The number of benzene rings is 2. The summed E-state index contributed by atoms with van der Waals surface area (Å²) >= 11 is 0. The minimum absolute atomic E-state index is 0.0568. The molecule has 0 spiro atoms. The van der Waals surface area contributed by atoms with E-state index < -0.39 is 17.6 Å². The number of aryl methyl sites for hydroxylation is 3. The van der Waals surface area contributed by atoms with E-state index >= 15 is 0 Å². The number of carbonyl (C=O) groups is 1. The lowest BCUT2D eigenvalue weighted by Crippen LogP contribution is -2.14. The highest BCUT2D eigenvalue weighted by atomic mass is 19.4. The van der Waals surface area contributed by atoms with Crippen LogP contribution in [0.1, 0.15) is 53.0 Å². The minimum atomic E-state index is -4.51. The maximum Gasteiger partial charge on any atom is 0.416 e. The molecule has 3 N–H and O–H groups in total. The van der Waals surface area contributed by atoms with Crippen LogP contribution in [-0.2, 0) is 19.0 Å². The number of rotatable bonds is 11. The fraction of sp³-hybridized carbons (Fsp3) is 0.276. The molecule has 200 valence electrons. The molecule has 0 saturated heterocycles. The summed E-state index contributed by atoms with van der Waals surface area (Å²) in [6.07, 6.45) is 3.08. The Kier molecular flexibility index (Phi) is 9.65. The second kappa shape index (κ2) is 12.9. The van der Waals surface area contributed by atoms with E-state index in [4.69, 9.17) is 0 Å². The van der Waals surface area contributed by atoms with Gasteiger partial charge in [-0.2, -0.15) is 18.3 Å². The van der Waals surface area contributed by atoms with E-state index in [0.29, 0.717) is 36.1 Å². The van der Waals surface area contributed by atoms with E-state index in [1.165, 1.54) is 12.1 Å². The molecule has 6 nitrogen and oxygen atoms in total. The van der Waals surface area contributed by atoms with Crippen molar-refractivity contribution in [3.63, 3.8) is 0 Å². The summed E-state index contributed by atoms with van der Waals surface area (Å²) in [6, 6.07) is 11.7. The molecule has 1 atom stereocenters. The van der Waals surface area contributed by atoms with Crippen LogP contribution >= 0.6 is 0 Å². The molecule has 1 unspecified atom stereocenters. The van der Waals surface area contributed by atoms with E-state index in [9.17, 15) is 18.0 Å². The lowest BCUT2D eigenvalue weighted by Gasteiger charge is -2.11. The lowest BCUT2D eigenvalue weighted by atomic mass is 10.0. The fourth-order valence-electron chi connectivity index (χ4n) is 3.65. The highest BCUT2D eigenvalue weighted by Crippen LogP contribution is 2.30. The van der Waals surface area contributed by atoms with Crippen LogP contribution in [0.25, 0.3) is 0 Å². The van der Waals surface area contributed by atoms with Crippen molar-refractivity contribution in [2.45, 2.75) is 46.2 Å². The summed E-state index contributed by atoms with van der Waals surface area (Å²) < 4.78 is 39.0. The molecule has 0 aliphatic carbocycles. The van der Waals surface area contributed by atoms with Gasteiger partial charge in [0.2, 0.25) is 0 Å². The number of hydrogen-bond acceptors (Lipinski definition) is 4. The van der Waals surface area contributed by atoms with Crippen LogP contribution in [0.4, 0.5) is 24.7 Å². The number of H-pyrrole nitrogens is 1. The number of aromatic amines is 1. The Hall–Kier alpha value is -4.14. The van der Waals surface area contributed by atoms with Crippen LogP contribution < -0.4 is 10.6 Å². The van der Waals surface area contributed by atoms with Crippen molar-refractivity contribution in [1.29, 1.82) is 0 Å². The summed E-state index contributed by atoms with van der Waals surface area (Å²) in [5.74, 6) is 1.09. The Balaban J connectivity index is 1.66. The molecule has 0 aliphatic heterocycles. The van der Waals surface area contributed by atoms with Crippen molar-refractivity contribution in [2.24, 2.45) is 10.9 Å². The highest BCUT2D eigenvalue weighted by molar-refractivity contribution is 6.04. The lowest BCUT2D eigenvalue weighted by molar-refractivity contribution is -0.137. The number of aliphatic imine (C=N–C) groups is 1. The molecule has 0 radical (unpaired) electrons. The number of nitrogens with zero attached hydrogens (tertiary/aromatic N) is 2. The smallest absolute Gasteiger partial charge is 0.324 e. The Bertz CT molecular complexity index is 1320. The van der Waals surface area contributed by atoms with Crippen molar-refractivity contribution in [3.8, 4) is 0 Å². The molecule has 3 aromatic rings. The molecule has 3 rings (SSSR count). The van der Waals surface area contributed by atoms with Gasteiger partial charge in [-0.25, -0.2) is 4.99 Å². The maximum absolute atomic E-state index is 13.0. The van der Waals surface area contributed by atoms with Crippen molar-refractivity contribution in [3.05, 3.63) is 101 Å². The molecule has 1 amide bonds. The number of nitrogens with one attached hydrogen (secondary N) is 3. The number of allylic oxidation sites excluding steroid dienone is 2. The van der Waals surface area contributed by atoms with Crippen LogP contribution in [0.2, 0.25) is 0 Å². The van der Waals surface area contributed by atoms with E-state index in [1.54, 1.807) is 18.4 Å². The first-order valence-corrected chi connectivity index (χ1v) is 12.4. The number of alkyl halides is 3. The average molecular weight is 524 g/mol. The summed E-state index contributed by atoms with van der Waals surface area (Å²) in [7, 11) is 0. The van der Waals surface area contributed by atoms with Crippen LogP contribution in [0, 0.1) is 12.8 Å². The van der Waals surface area contributed by atoms with Crippen LogP contribution in [-0.4, -0.2) is 22.3 Å². The number of carbonyl (C=O) groups excluding carboxylic acids is 1. The molecule has 1 aromatic heterocycles. The van der Waals surface area contributed by atoms with Gasteiger partial charge in [0, 0.05) is 29.2 Å². The third kappa shape index (κ3) is 8.19. The highest BCUT2D eigenvalue weighted by Gasteiger charge is 2.30. The predicted octanol–water partition coefficient (Wildman–Crippen LogP) is 7.33. The second-order valence-corrected chi connectivity index (χ2v) is 9.03. The molecule has 2 aromatic carbocycles. The van der Waals surface area contributed by atoms with Gasteiger partial charge in [0.15, 0.2) is 5.82 Å². The van der Waals surface area contributed by atoms with Crippen molar-refractivity contribution in [2.75, 3.05) is 10.6 Å². The molecule has 0 bridgehead atoms. The van der Waals surface area contributed by atoms with Crippen molar-refractivity contribution >= 4 is 23.6 Å². The number of amides is 1. The number of halogens is 3. The van der Waals surface area contributed by atoms with Crippen LogP contribution in [0.5, 0.6) is 0 Å². The van der Waals surface area contributed by atoms with Gasteiger partial charge in [0.25, 0.3) is 5.91 Å². The summed E-state index contributed by atoms with van der Waals surface area (Å²) in [5.41, 5.74) is 2.55. The first-order chi connectivity index (χ1) is 18.1.